The number of fused-ring (bicyclic) bond motifs is 3. The van der Waals surface area contributed by atoms with E-state index in [0.717, 1.165) is 24.5 Å². The summed E-state index contributed by atoms with van der Waals surface area (Å²) >= 11 is 0. The number of allylic oxidation sites excluding steroid dienone is 2. The number of guanidine groups is 1. The molecule has 4 unspecified atom stereocenters. The molecule has 0 spiro atoms. The second-order valence-corrected chi connectivity index (χ2v) is 9.17. The Labute approximate surface area is 155 Å². The third-order valence-electron chi connectivity index (χ3n) is 6.43. The van der Waals surface area contributed by atoms with Crippen LogP contribution in [0.25, 0.3) is 0 Å². The summed E-state index contributed by atoms with van der Waals surface area (Å²) in [6.45, 7) is 11.2. The van der Waals surface area contributed by atoms with Crippen molar-refractivity contribution in [2.45, 2.75) is 72.1 Å². The number of hydrogen-bond donors (Lipinski definition) is 1. The molecule has 2 fully saturated rings. The molecule has 7 heteroatoms. The summed E-state index contributed by atoms with van der Waals surface area (Å²) in [4.78, 5) is 35.3. The molecule has 0 aromatic rings. The normalized spacial score (nSPS) is 36.2. The first-order chi connectivity index (χ1) is 12.1. The molecule has 3 amide bonds. The van der Waals surface area contributed by atoms with E-state index in [1.54, 1.807) is 7.05 Å². The molecule has 4 aliphatic rings. The zero-order valence-corrected chi connectivity index (χ0v) is 16.5. The molecule has 1 N–H and O–H groups in total. The van der Waals surface area contributed by atoms with Crippen molar-refractivity contribution in [1.82, 2.24) is 20.0 Å². The van der Waals surface area contributed by atoms with E-state index in [1.807, 2.05) is 11.8 Å². The lowest BCUT2D eigenvalue weighted by molar-refractivity contribution is -0.126. The lowest BCUT2D eigenvalue weighted by Crippen LogP contribution is -2.63. The number of carbonyl (C=O) groups excluding carboxylic acids is 2. The Morgan fingerprint density at radius 3 is 2.42 bits per heavy atom. The van der Waals surface area contributed by atoms with Crippen molar-refractivity contribution >= 4 is 17.9 Å². The van der Waals surface area contributed by atoms with Gasteiger partial charge in [-0.1, -0.05) is 20.8 Å². The maximum absolute atomic E-state index is 12.5. The van der Waals surface area contributed by atoms with Crippen LogP contribution in [0.5, 0.6) is 0 Å². The summed E-state index contributed by atoms with van der Waals surface area (Å²) < 4.78 is 0. The van der Waals surface area contributed by atoms with Crippen molar-refractivity contribution in [3.63, 3.8) is 0 Å². The number of aliphatic imine (C=N–C) groups is 1. The molecule has 26 heavy (non-hydrogen) atoms. The van der Waals surface area contributed by atoms with Crippen molar-refractivity contribution in [2.24, 2.45) is 16.3 Å². The minimum absolute atomic E-state index is 0.261. The number of nitrogens with one attached hydrogen (secondary N) is 1. The number of hydrogen-bond acceptors (Lipinski definition) is 5. The van der Waals surface area contributed by atoms with E-state index in [9.17, 15) is 9.59 Å². The lowest BCUT2D eigenvalue weighted by atomic mass is 9.70. The van der Waals surface area contributed by atoms with Crippen LogP contribution >= 0.6 is 0 Å². The molecule has 1 saturated carbocycles. The van der Waals surface area contributed by atoms with Gasteiger partial charge >= 0.3 is 6.03 Å². The largest absolute Gasteiger partial charge is 0.325 e. The topological polar surface area (TPSA) is 68.2 Å². The van der Waals surface area contributed by atoms with Crippen molar-refractivity contribution < 1.29 is 9.59 Å². The van der Waals surface area contributed by atoms with Crippen LogP contribution in [0.1, 0.15) is 53.9 Å². The molecular formula is C19H29N5O2. The highest BCUT2D eigenvalue weighted by Gasteiger charge is 2.54. The number of nitrogens with zero attached hydrogens (tertiary/aromatic N) is 4. The van der Waals surface area contributed by atoms with E-state index in [1.165, 1.54) is 17.0 Å². The van der Waals surface area contributed by atoms with Gasteiger partial charge in [-0.3, -0.25) is 15.0 Å². The third-order valence-corrected chi connectivity index (χ3v) is 6.43. The molecular weight excluding hydrogens is 330 g/mol. The summed E-state index contributed by atoms with van der Waals surface area (Å²) in [5.41, 5.74) is 2.52. The monoisotopic (exact) mass is 359 g/mol. The molecule has 7 nitrogen and oxygen atoms in total. The molecule has 142 valence electrons. The minimum atomic E-state index is -0.471. The highest BCUT2D eigenvalue weighted by Crippen LogP contribution is 2.45. The van der Waals surface area contributed by atoms with E-state index in [4.69, 9.17) is 4.99 Å². The van der Waals surface area contributed by atoms with Gasteiger partial charge in [0.25, 0.3) is 5.91 Å². The van der Waals surface area contributed by atoms with Crippen LogP contribution in [-0.2, 0) is 4.79 Å². The van der Waals surface area contributed by atoms with Gasteiger partial charge in [-0.15, -0.1) is 0 Å². The summed E-state index contributed by atoms with van der Waals surface area (Å²) in [7, 11) is 1.70. The van der Waals surface area contributed by atoms with Crippen molar-refractivity contribution in [1.29, 1.82) is 0 Å². The van der Waals surface area contributed by atoms with Crippen LogP contribution in [0, 0.1) is 11.3 Å². The van der Waals surface area contributed by atoms with Crippen LogP contribution in [0.15, 0.2) is 16.4 Å². The predicted octanol–water partition coefficient (Wildman–Crippen LogP) is 2.32. The van der Waals surface area contributed by atoms with Crippen LogP contribution in [-0.4, -0.2) is 57.9 Å². The maximum Gasteiger partial charge on any atom is 0.325 e. The number of rotatable bonds is 1. The van der Waals surface area contributed by atoms with Crippen molar-refractivity contribution in [3.05, 3.63) is 11.4 Å². The second kappa shape index (κ2) is 5.47. The average molecular weight is 359 g/mol. The number of amides is 3. The summed E-state index contributed by atoms with van der Waals surface area (Å²) in [6.07, 6.45) is 3.01. The zero-order valence-electron chi connectivity index (χ0n) is 16.5. The molecule has 1 saturated heterocycles. The first-order valence-electron chi connectivity index (χ1n) is 9.52. The third kappa shape index (κ3) is 2.36. The Balaban J connectivity index is 1.72. The fourth-order valence-electron chi connectivity index (χ4n) is 5.41. The van der Waals surface area contributed by atoms with Crippen LogP contribution in [0.2, 0.25) is 0 Å². The number of urea groups is 1. The summed E-state index contributed by atoms with van der Waals surface area (Å²) in [6, 6.07) is -0.475. The van der Waals surface area contributed by atoms with E-state index >= 15 is 0 Å². The first kappa shape index (κ1) is 17.4. The highest BCUT2D eigenvalue weighted by molar-refractivity contribution is 6.05. The van der Waals surface area contributed by atoms with Gasteiger partial charge in [0.2, 0.25) is 5.96 Å². The van der Waals surface area contributed by atoms with Crippen LogP contribution in [0.4, 0.5) is 4.79 Å². The molecule has 4 rings (SSSR count). The van der Waals surface area contributed by atoms with Gasteiger partial charge in [0, 0.05) is 24.5 Å². The summed E-state index contributed by atoms with van der Waals surface area (Å²) in [5, 5.41) is 2.45. The smallest absolute Gasteiger partial charge is 0.311 e. The Hall–Kier alpha value is -2.05. The van der Waals surface area contributed by atoms with Gasteiger partial charge in [-0.05, 0) is 44.4 Å². The zero-order chi connectivity index (χ0) is 19.0. The van der Waals surface area contributed by atoms with Gasteiger partial charge in [0.1, 0.15) is 0 Å². The highest BCUT2D eigenvalue weighted by atomic mass is 16.2. The fraction of sp³-hybridized carbons (Fsp3) is 0.737. The van der Waals surface area contributed by atoms with E-state index < -0.39 is 12.2 Å². The Bertz CT molecular complexity index is 740. The number of carbonyl (C=O) groups is 2. The Morgan fingerprint density at radius 1 is 1.12 bits per heavy atom. The minimum Gasteiger partial charge on any atom is -0.311 e. The van der Waals surface area contributed by atoms with Gasteiger partial charge in [-0.2, -0.15) is 0 Å². The second-order valence-electron chi connectivity index (χ2n) is 9.17. The number of likely N-dealkylation sites (N-methyl/N-ethyl adjacent to an activating group) is 1. The Morgan fingerprint density at radius 2 is 1.77 bits per heavy atom. The van der Waals surface area contributed by atoms with Gasteiger partial charge < -0.3 is 9.80 Å². The maximum atomic E-state index is 12.5. The molecule has 0 radical (unpaired) electrons. The van der Waals surface area contributed by atoms with Crippen molar-refractivity contribution in [2.75, 3.05) is 7.05 Å². The SMILES string of the molecule is CC1=C(C)N2C(=NC3C2C(=O)NC(=O)N3C)N1C1CC(C)CC(C)(C)C1. The Kier molecular flexibility index (Phi) is 3.66. The standard InChI is InChI=1S/C19H29N5O2/c1-10-7-13(9-19(4,5)8-10)23-11(2)12(3)24-14-15(20-17(23)24)22(6)18(26)21-16(14)25/h10,13-15H,7-9H2,1-6H3,(H,21,25,26). The quantitative estimate of drug-likeness (QED) is 0.780. The van der Waals surface area contributed by atoms with E-state index in [0.29, 0.717) is 17.4 Å². The average Bonchev–Trinajstić information content (AvgIpc) is 3.00. The fourth-order valence-corrected chi connectivity index (χ4v) is 5.41. The van der Waals surface area contributed by atoms with E-state index in [2.05, 4.69) is 37.9 Å². The van der Waals surface area contributed by atoms with Crippen molar-refractivity contribution in [3.8, 4) is 0 Å². The molecule has 3 heterocycles. The van der Waals surface area contributed by atoms with Gasteiger partial charge in [0.05, 0.1) is 0 Å². The van der Waals surface area contributed by atoms with Crippen LogP contribution < -0.4 is 5.32 Å². The lowest BCUT2D eigenvalue weighted by Gasteiger charge is -2.43. The molecule has 1 aliphatic carbocycles. The van der Waals surface area contributed by atoms with E-state index in [-0.39, 0.29) is 11.9 Å². The first-order valence-corrected chi connectivity index (χ1v) is 9.52. The van der Waals surface area contributed by atoms with Gasteiger partial charge in [0.15, 0.2) is 12.2 Å². The molecule has 0 bridgehead atoms. The van der Waals surface area contributed by atoms with Gasteiger partial charge in [-0.25, -0.2) is 9.79 Å². The molecule has 0 aromatic heterocycles. The number of imide groups is 1. The molecule has 3 aliphatic heterocycles. The molecule has 4 atom stereocenters. The predicted molar refractivity (Wildman–Crippen MR) is 98.9 cm³/mol. The summed E-state index contributed by atoms with van der Waals surface area (Å²) in [5.74, 6) is 1.23. The van der Waals surface area contributed by atoms with Crippen LogP contribution in [0.3, 0.4) is 0 Å². The molecule has 0 aromatic carbocycles.